The topological polar surface area (TPSA) is 120 Å². The Labute approximate surface area is 182 Å². The van der Waals surface area contributed by atoms with Crippen molar-refractivity contribution in [3.63, 3.8) is 0 Å². The van der Waals surface area contributed by atoms with Gasteiger partial charge in [-0.1, -0.05) is 6.07 Å². The van der Waals surface area contributed by atoms with Crippen molar-refractivity contribution in [3.8, 4) is 0 Å². The molecule has 1 aromatic carbocycles. The lowest BCUT2D eigenvalue weighted by atomic mass is 10.0. The van der Waals surface area contributed by atoms with Crippen molar-refractivity contribution >= 4 is 21.2 Å². The van der Waals surface area contributed by atoms with Crippen molar-refractivity contribution in [1.82, 2.24) is 5.32 Å². The van der Waals surface area contributed by atoms with Gasteiger partial charge in [0.2, 0.25) is 0 Å². The normalized spacial score (nSPS) is 16.0. The van der Waals surface area contributed by atoms with E-state index in [-0.39, 0.29) is 44.3 Å². The number of benzene rings is 1. The lowest BCUT2D eigenvalue weighted by molar-refractivity contribution is 0.100. The standard InChI is InChI=1S/C19H32FNO8P2/c1-6-26-30(23,27-7-2)19(15(5)29-31(24,25)28-8-3)13-21-12-16-9-10-17(20)11-18(16)14(4)22/h9-11,15,19,21H,6-8,12-13H2,1-5H3,(H,24,25). The molecular weight excluding hydrogens is 451 g/mol. The minimum atomic E-state index is -4.37. The van der Waals surface area contributed by atoms with Crippen LogP contribution in [0.15, 0.2) is 18.2 Å². The quantitative estimate of drug-likeness (QED) is 0.278. The van der Waals surface area contributed by atoms with Gasteiger partial charge >= 0.3 is 15.4 Å². The molecule has 3 atom stereocenters. The number of hydrogen-bond acceptors (Lipinski definition) is 8. The lowest BCUT2D eigenvalue weighted by Gasteiger charge is -2.31. The fraction of sp³-hybridized carbons (Fsp3) is 0.632. The molecule has 0 heterocycles. The Morgan fingerprint density at radius 3 is 2.23 bits per heavy atom. The lowest BCUT2D eigenvalue weighted by Crippen LogP contribution is -2.37. The van der Waals surface area contributed by atoms with Crippen molar-refractivity contribution in [2.75, 3.05) is 26.4 Å². The van der Waals surface area contributed by atoms with Crippen LogP contribution in [0.4, 0.5) is 4.39 Å². The second-order valence-corrected chi connectivity index (χ2v) is 10.3. The van der Waals surface area contributed by atoms with Crippen LogP contribution >= 0.6 is 15.4 Å². The molecule has 0 aliphatic carbocycles. The highest BCUT2D eigenvalue weighted by Crippen LogP contribution is 2.56. The van der Waals surface area contributed by atoms with E-state index in [4.69, 9.17) is 18.1 Å². The average molecular weight is 483 g/mol. The summed E-state index contributed by atoms with van der Waals surface area (Å²) in [5.74, 6) is -0.822. The molecule has 9 nitrogen and oxygen atoms in total. The SMILES string of the molecule is CCOP(=O)(O)OC(C)C(CNCc1ccc(F)cc1C(C)=O)P(=O)(OCC)OCC. The van der Waals surface area contributed by atoms with Gasteiger partial charge in [0.15, 0.2) is 5.78 Å². The Kier molecular flexibility index (Phi) is 11.7. The van der Waals surface area contributed by atoms with Crippen molar-refractivity contribution in [2.24, 2.45) is 0 Å². The van der Waals surface area contributed by atoms with E-state index in [9.17, 15) is 23.2 Å². The Morgan fingerprint density at radius 2 is 1.71 bits per heavy atom. The van der Waals surface area contributed by atoms with Gasteiger partial charge in [-0.2, -0.15) is 0 Å². The predicted molar refractivity (Wildman–Crippen MR) is 115 cm³/mol. The molecule has 12 heteroatoms. The summed E-state index contributed by atoms with van der Waals surface area (Å²) in [5.41, 5.74) is -0.192. The highest BCUT2D eigenvalue weighted by atomic mass is 31.2. The van der Waals surface area contributed by atoms with E-state index in [1.807, 2.05) is 0 Å². The van der Waals surface area contributed by atoms with Crippen LogP contribution < -0.4 is 5.32 Å². The summed E-state index contributed by atoms with van der Waals surface area (Å²) in [6.45, 7) is 7.93. The van der Waals surface area contributed by atoms with Crippen molar-refractivity contribution in [1.29, 1.82) is 0 Å². The van der Waals surface area contributed by atoms with Crippen molar-refractivity contribution < 1.29 is 41.3 Å². The largest absolute Gasteiger partial charge is 0.472 e. The number of carbonyl (C=O) groups excluding carboxylic acids is 1. The van der Waals surface area contributed by atoms with Crippen LogP contribution in [-0.2, 0) is 33.8 Å². The maximum Gasteiger partial charge on any atom is 0.472 e. The van der Waals surface area contributed by atoms with Gasteiger partial charge in [0.25, 0.3) is 0 Å². The van der Waals surface area contributed by atoms with Gasteiger partial charge < -0.3 is 19.3 Å². The third-order valence-electron chi connectivity index (χ3n) is 4.28. The zero-order valence-corrected chi connectivity index (χ0v) is 20.3. The van der Waals surface area contributed by atoms with Crippen LogP contribution in [0.2, 0.25) is 0 Å². The summed E-state index contributed by atoms with van der Waals surface area (Å²) in [5, 5.41) is 3.04. The summed E-state index contributed by atoms with van der Waals surface area (Å²) in [7, 11) is -8.13. The van der Waals surface area contributed by atoms with E-state index in [1.54, 1.807) is 13.8 Å². The van der Waals surface area contributed by atoms with Gasteiger partial charge in [-0.25, -0.2) is 8.96 Å². The number of Topliss-reactive ketones (excluding diaryl/α,β-unsaturated/α-hetero) is 1. The molecule has 0 spiro atoms. The molecule has 2 N–H and O–H groups in total. The van der Waals surface area contributed by atoms with Crippen LogP contribution in [0, 0.1) is 5.82 Å². The molecule has 1 rings (SSSR count). The molecule has 0 aliphatic heterocycles. The number of ketones is 1. The average Bonchev–Trinajstić information content (AvgIpc) is 2.65. The third kappa shape index (κ3) is 8.83. The smallest absolute Gasteiger partial charge is 0.312 e. The summed E-state index contributed by atoms with van der Waals surface area (Å²) in [4.78, 5) is 21.6. The van der Waals surface area contributed by atoms with Crippen LogP contribution in [0.25, 0.3) is 0 Å². The van der Waals surface area contributed by atoms with Gasteiger partial charge in [-0.05, 0) is 52.3 Å². The van der Waals surface area contributed by atoms with Crippen molar-refractivity contribution in [3.05, 3.63) is 35.1 Å². The molecule has 0 radical (unpaired) electrons. The highest BCUT2D eigenvalue weighted by molar-refractivity contribution is 7.54. The number of nitrogens with one attached hydrogen (secondary N) is 1. The van der Waals surface area contributed by atoms with E-state index in [1.165, 1.54) is 32.9 Å². The minimum Gasteiger partial charge on any atom is -0.312 e. The number of carbonyl (C=O) groups is 1. The third-order valence-corrected chi connectivity index (χ3v) is 8.11. The molecule has 178 valence electrons. The number of halogens is 1. The molecule has 0 amide bonds. The van der Waals surface area contributed by atoms with Crippen LogP contribution in [-0.4, -0.2) is 48.8 Å². The Bertz CT molecular complexity index is 812. The van der Waals surface area contributed by atoms with Gasteiger partial charge in [0, 0.05) is 18.7 Å². The second kappa shape index (κ2) is 12.9. The second-order valence-electron chi connectivity index (χ2n) is 6.63. The summed E-state index contributed by atoms with van der Waals surface area (Å²) >= 11 is 0. The monoisotopic (exact) mass is 483 g/mol. The molecular formula is C19H32FNO8P2. The predicted octanol–water partition coefficient (Wildman–Crippen LogP) is 4.29. The van der Waals surface area contributed by atoms with Gasteiger partial charge in [-0.15, -0.1) is 0 Å². The van der Waals surface area contributed by atoms with E-state index in [0.29, 0.717) is 5.56 Å². The van der Waals surface area contributed by atoms with E-state index in [2.05, 4.69) is 5.32 Å². The first-order valence-electron chi connectivity index (χ1n) is 10.0. The fourth-order valence-corrected chi connectivity index (χ4v) is 6.14. The Morgan fingerprint density at radius 1 is 1.13 bits per heavy atom. The molecule has 0 bridgehead atoms. The van der Waals surface area contributed by atoms with Gasteiger partial charge in [-0.3, -0.25) is 18.4 Å². The zero-order valence-electron chi connectivity index (χ0n) is 18.5. The maximum absolute atomic E-state index is 13.5. The number of phosphoric acid groups is 1. The minimum absolute atomic E-state index is 0.000704. The summed E-state index contributed by atoms with van der Waals surface area (Å²) in [6.07, 6.45) is -1.04. The number of phosphoric ester groups is 1. The summed E-state index contributed by atoms with van der Waals surface area (Å²) < 4.78 is 59.7. The molecule has 0 aliphatic rings. The molecule has 3 unspecified atom stereocenters. The maximum atomic E-state index is 13.5. The highest BCUT2D eigenvalue weighted by Gasteiger charge is 2.42. The molecule has 1 aromatic rings. The Hall–Kier alpha value is -0.960. The molecule has 0 saturated heterocycles. The molecule has 0 fully saturated rings. The molecule has 31 heavy (non-hydrogen) atoms. The first-order valence-corrected chi connectivity index (χ1v) is 13.1. The first-order chi connectivity index (χ1) is 14.5. The Balaban J connectivity index is 3.08. The van der Waals surface area contributed by atoms with E-state index < -0.39 is 33.0 Å². The van der Waals surface area contributed by atoms with E-state index >= 15 is 0 Å². The first kappa shape index (κ1) is 28.1. The molecule has 0 saturated carbocycles. The summed E-state index contributed by atoms with van der Waals surface area (Å²) in [6, 6.07) is 3.87. The number of rotatable bonds is 15. The van der Waals surface area contributed by atoms with Gasteiger partial charge in [0.1, 0.15) is 11.5 Å². The molecule has 0 aromatic heterocycles. The zero-order chi connectivity index (χ0) is 23.7. The van der Waals surface area contributed by atoms with Crippen LogP contribution in [0.5, 0.6) is 0 Å². The van der Waals surface area contributed by atoms with Crippen LogP contribution in [0.1, 0.15) is 50.5 Å². The number of hydrogen-bond donors (Lipinski definition) is 2. The van der Waals surface area contributed by atoms with Crippen LogP contribution in [0.3, 0.4) is 0 Å². The van der Waals surface area contributed by atoms with Gasteiger partial charge in [0.05, 0.1) is 25.9 Å². The van der Waals surface area contributed by atoms with E-state index in [0.717, 1.165) is 6.07 Å². The van der Waals surface area contributed by atoms with Crippen molar-refractivity contribution in [2.45, 2.75) is 52.9 Å². The fourth-order valence-electron chi connectivity index (χ4n) is 2.98.